The summed E-state index contributed by atoms with van der Waals surface area (Å²) in [7, 11) is -3.81. The number of benzene rings is 2. The Balaban J connectivity index is 2.05. The Bertz CT molecular complexity index is 895. The zero-order valence-electron chi connectivity index (χ0n) is 12.5. The van der Waals surface area contributed by atoms with Gasteiger partial charge in [0, 0.05) is 15.8 Å². The lowest BCUT2D eigenvalue weighted by Gasteiger charge is -2.09. The smallest absolute Gasteiger partial charge is 0.314 e. The number of primary sulfonamides is 1. The van der Waals surface area contributed by atoms with Crippen LogP contribution in [0.3, 0.4) is 0 Å². The molecule has 0 aromatic heterocycles. The van der Waals surface area contributed by atoms with Crippen molar-refractivity contribution in [2.75, 3.05) is 10.6 Å². The van der Waals surface area contributed by atoms with Crippen molar-refractivity contribution < 1.29 is 18.0 Å². The minimum absolute atomic E-state index is 0.0876. The summed E-state index contributed by atoms with van der Waals surface area (Å²) in [5, 5.41) is 9.87. The molecule has 2 rings (SSSR count). The molecule has 0 spiro atoms. The predicted molar refractivity (Wildman–Crippen MR) is 94.0 cm³/mol. The summed E-state index contributed by atoms with van der Waals surface area (Å²) < 4.78 is 23.2. The molecule has 2 aromatic carbocycles. The molecule has 0 bridgehead atoms. The van der Waals surface area contributed by atoms with Crippen LogP contribution in [0.4, 0.5) is 11.4 Å². The van der Waals surface area contributed by atoms with E-state index in [-0.39, 0.29) is 10.6 Å². The molecule has 9 heteroatoms. The first-order valence-electron chi connectivity index (χ1n) is 6.68. The van der Waals surface area contributed by atoms with Crippen LogP contribution >= 0.6 is 15.9 Å². The number of halogens is 1. The SMILES string of the molecule is Cc1cc(Br)ccc1NC(=O)C(=O)Nc1ccc(S(N)(=O)=O)cc1. The molecule has 126 valence electrons. The maximum absolute atomic E-state index is 11.9. The van der Waals surface area contributed by atoms with Gasteiger partial charge in [0.25, 0.3) is 0 Å². The summed E-state index contributed by atoms with van der Waals surface area (Å²) in [6, 6.07) is 10.4. The van der Waals surface area contributed by atoms with Crippen LogP contribution in [-0.2, 0) is 19.6 Å². The number of sulfonamides is 1. The van der Waals surface area contributed by atoms with E-state index in [0.29, 0.717) is 5.69 Å². The Hall–Kier alpha value is -2.23. The molecule has 0 unspecified atom stereocenters. The molecule has 0 fully saturated rings. The standard InChI is InChI=1S/C15H14BrN3O4S/c1-9-8-10(16)2-7-13(9)19-15(21)14(20)18-11-3-5-12(6-4-11)24(17,22)23/h2-8H,1H3,(H,18,20)(H,19,21)(H2,17,22,23). The summed E-state index contributed by atoms with van der Waals surface area (Å²) >= 11 is 3.31. The van der Waals surface area contributed by atoms with Gasteiger partial charge in [-0.25, -0.2) is 13.6 Å². The fourth-order valence-electron chi connectivity index (χ4n) is 1.86. The van der Waals surface area contributed by atoms with Crippen LogP contribution in [0, 0.1) is 6.92 Å². The average Bonchev–Trinajstić information content (AvgIpc) is 2.49. The Kier molecular flexibility index (Phi) is 5.37. The third-order valence-corrected chi connectivity index (χ3v) is 4.51. The quantitative estimate of drug-likeness (QED) is 0.668. The maximum Gasteiger partial charge on any atom is 0.314 e. The third kappa shape index (κ3) is 4.63. The molecule has 0 aliphatic carbocycles. The zero-order chi connectivity index (χ0) is 17.9. The van der Waals surface area contributed by atoms with E-state index in [1.165, 1.54) is 24.3 Å². The lowest BCUT2D eigenvalue weighted by Crippen LogP contribution is -2.29. The van der Waals surface area contributed by atoms with Crippen LogP contribution in [0.1, 0.15) is 5.56 Å². The normalized spacial score (nSPS) is 11.0. The maximum atomic E-state index is 11.9. The fourth-order valence-corrected chi connectivity index (χ4v) is 2.85. The van der Waals surface area contributed by atoms with E-state index < -0.39 is 21.8 Å². The van der Waals surface area contributed by atoms with Crippen molar-refractivity contribution in [1.82, 2.24) is 0 Å². The lowest BCUT2D eigenvalue weighted by atomic mass is 10.2. The van der Waals surface area contributed by atoms with Crippen molar-refractivity contribution in [2.45, 2.75) is 11.8 Å². The van der Waals surface area contributed by atoms with E-state index in [0.717, 1.165) is 10.0 Å². The van der Waals surface area contributed by atoms with E-state index in [4.69, 9.17) is 5.14 Å². The molecule has 0 saturated carbocycles. The summed E-state index contributed by atoms with van der Waals surface area (Å²) in [4.78, 5) is 23.7. The number of hydrogen-bond acceptors (Lipinski definition) is 4. The zero-order valence-corrected chi connectivity index (χ0v) is 14.9. The van der Waals surface area contributed by atoms with Crippen molar-refractivity contribution in [3.05, 3.63) is 52.5 Å². The first kappa shape index (κ1) is 18.1. The Labute approximate surface area is 147 Å². The molecule has 0 aliphatic heterocycles. The van der Waals surface area contributed by atoms with Crippen molar-refractivity contribution in [3.63, 3.8) is 0 Å². The molecule has 7 nitrogen and oxygen atoms in total. The van der Waals surface area contributed by atoms with Crippen LogP contribution in [-0.4, -0.2) is 20.2 Å². The van der Waals surface area contributed by atoms with Gasteiger partial charge in [-0.15, -0.1) is 0 Å². The molecular formula is C15H14BrN3O4S. The van der Waals surface area contributed by atoms with Crippen LogP contribution in [0.25, 0.3) is 0 Å². The van der Waals surface area contributed by atoms with Gasteiger partial charge in [-0.3, -0.25) is 9.59 Å². The molecule has 4 N–H and O–H groups in total. The summed E-state index contributed by atoms with van der Waals surface area (Å²) in [6.07, 6.45) is 0. The van der Waals surface area contributed by atoms with Gasteiger partial charge in [-0.2, -0.15) is 0 Å². The molecule has 2 amide bonds. The number of hydrogen-bond donors (Lipinski definition) is 3. The third-order valence-electron chi connectivity index (χ3n) is 3.08. The van der Waals surface area contributed by atoms with Gasteiger partial charge in [0.2, 0.25) is 10.0 Å². The highest BCUT2D eigenvalue weighted by Crippen LogP contribution is 2.20. The molecule has 0 heterocycles. The van der Waals surface area contributed by atoms with Gasteiger partial charge in [0.05, 0.1) is 4.90 Å². The number of carbonyl (C=O) groups is 2. The van der Waals surface area contributed by atoms with Gasteiger partial charge in [-0.05, 0) is 55.0 Å². The summed E-state index contributed by atoms with van der Waals surface area (Å²) in [5.74, 6) is -1.71. The average molecular weight is 412 g/mol. The highest BCUT2D eigenvalue weighted by Gasteiger charge is 2.15. The number of nitrogens with two attached hydrogens (primary N) is 1. The van der Waals surface area contributed by atoms with E-state index in [9.17, 15) is 18.0 Å². The van der Waals surface area contributed by atoms with Gasteiger partial charge >= 0.3 is 11.8 Å². The lowest BCUT2D eigenvalue weighted by molar-refractivity contribution is -0.133. The van der Waals surface area contributed by atoms with Gasteiger partial charge < -0.3 is 10.6 Å². The number of anilines is 2. The Morgan fingerprint density at radius 1 is 1.00 bits per heavy atom. The molecule has 24 heavy (non-hydrogen) atoms. The van der Waals surface area contributed by atoms with Crippen LogP contribution in [0.2, 0.25) is 0 Å². The van der Waals surface area contributed by atoms with Crippen molar-refractivity contribution >= 4 is 49.1 Å². The molecule has 0 atom stereocenters. The van der Waals surface area contributed by atoms with Gasteiger partial charge in [0.15, 0.2) is 0 Å². The second kappa shape index (κ2) is 7.12. The summed E-state index contributed by atoms with van der Waals surface area (Å²) in [5.41, 5.74) is 1.58. The number of aryl methyl sites for hydroxylation is 1. The first-order chi connectivity index (χ1) is 11.2. The number of amides is 2. The van der Waals surface area contributed by atoms with Crippen molar-refractivity contribution in [1.29, 1.82) is 0 Å². The van der Waals surface area contributed by atoms with Gasteiger partial charge in [0.1, 0.15) is 0 Å². The molecular weight excluding hydrogens is 398 g/mol. The monoisotopic (exact) mass is 411 g/mol. The summed E-state index contributed by atoms with van der Waals surface area (Å²) in [6.45, 7) is 1.80. The van der Waals surface area contributed by atoms with Gasteiger partial charge in [-0.1, -0.05) is 15.9 Å². The van der Waals surface area contributed by atoms with Crippen molar-refractivity contribution in [2.24, 2.45) is 5.14 Å². The van der Waals surface area contributed by atoms with Crippen molar-refractivity contribution in [3.8, 4) is 0 Å². The van der Waals surface area contributed by atoms with Crippen LogP contribution < -0.4 is 15.8 Å². The molecule has 0 aliphatic rings. The fraction of sp³-hybridized carbons (Fsp3) is 0.0667. The minimum atomic E-state index is -3.81. The van der Waals surface area contributed by atoms with E-state index in [1.54, 1.807) is 25.1 Å². The van der Waals surface area contributed by atoms with E-state index >= 15 is 0 Å². The Morgan fingerprint density at radius 2 is 1.58 bits per heavy atom. The highest BCUT2D eigenvalue weighted by atomic mass is 79.9. The Morgan fingerprint density at radius 3 is 2.12 bits per heavy atom. The first-order valence-corrected chi connectivity index (χ1v) is 9.02. The van der Waals surface area contributed by atoms with Crippen LogP contribution in [0.5, 0.6) is 0 Å². The topological polar surface area (TPSA) is 118 Å². The molecule has 0 saturated heterocycles. The molecule has 2 aromatic rings. The largest absolute Gasteiger partial charge is 0.318 e. The van der Waals surface area contributed by atoms with Crippen LogP contribution in [0.15, 0.2) is 51.8 Å². The second-order valence-corrected chi connectivity index (χ2v) is 7.41. The predicted octanol–water partition coefficient (Wildman–Crippen LogP) is 1.98. The van der Waals surface area contributed by atoms with E-state index in [1.807, 2.05) is 0 Å². The highest BCUT2D eigenvalue weighted by molar-refractivity contribution is 9.10. The van der Waals surface area contributed by atoms with E-state index in [2.05, 4.69) is 26.6 Å². The number of carbonyl (C=O) groups excluding carboxylic acids is 2. The number of rotatable bonds is 3. The molecule has 0 radical (unpaired) electrons. The number of nitrogens with one attached hydrogen (secondary N) is 2. The minimum Gasteiger partial charge on any atom is -0.318 e. The second-order valence-electron chi connectivity index (χ2n) is 4.94.